The van der Waals surface area contributed by atoms with Crippen LogP contribution in [0.3, 0.4) is 0 Å². The molecule has 29 heavy (non-hydrogen) atoms. The van der Waals surface area contributed by atoms with Crippen LogP contribution < -0.4 is 20.3 Å². The van der Waals surface area contributed by atoms with Crippen LogP contribution >= 0.6 is 35.3 Å². The maximum Gasteiger partial charge on any atom is 0.213 e. The lowest BCUT2D eigenvalue weighted by Gasteiger charge is -2.22. The van der Waals surface area contributed by atoms with Gasteiger partial charge in [0.25, 0.3) is 0 Å². The Morgan fingerprint density at radius 1 is 1.38 bits per heavy atom. The Labute approximate surface area is 195 Å². The maximum atomic E-state index is 12.2. The minimum atomic E-state index is -3.36. The highest BCUT2D eigenvalue weighted by molar-refractivity contribution is 14.0. The van der Waals surface area contributed by atoms with Gasteiger partial charge in [0.1, 0.15) is 0 Å². The molecule has 0 saturated carbocycles. The van der Waals surface area contributed by atoms with Gasteiger partial charge < -0.3 is 20.3 Å². The molecule has 1 saturated heterocycles. The zero-order valence-corrected chi connectivity index (χ0v) is 21.3. The van der Waals surface area contributed by atoms with Crippen molar-refractivity contribution in [3.05, 3.63) is 11.1 Å². The lowest BCUT2D eigenvalue weighted by atomic mass is 10.1. The first-order valence-electron chi connectivity index (χ1n) is 9.62. The fraction of sp³-hybridized carbons (Fsp3) is 0.765. The van der Waals surface area contributed by atoms with Crippen molar-refractivity contribution in [2.24, 2.45) is 4.99 Å². The van der Waals surface area contributed by atoms with Gasteiger partial charge in [-0.05, 0) is 26.2 Å². The number of guanidine groups is 1. The number of rotatable bonds is 10. The maximum absolute atomic E-state index is 12.2. The van der Waals surface area contributed by atoms with Gasteiger partial charge in [-0.3, -0.25) is 0 Å². The van der Waals surface area contributed by atoms with Crippen LogP contribution in [-0.4, -0.2) is 71.6 Å². The largest absolute Gasteiger partial charge is 0.377 e. The Morgan fingerprint density at radius 2 is 2.17 bits per heavy atom. The van der Waals surface area contributed by atoms with Gasteiger partial charge in [-0.2, -0.15) is 0 Å². The molecule has 0 spiro atoms. The predicted molar refractivity (Wildman–Crippen MR) is 130 cm³/mol. The van der Waals surface area contributed by atoms with Crippen LogP contribution in [0.2, 0.25) is 0 Å². The number of hydrogen-bond acceptors (Lipinski definition) is 7. The summed E-state index contributed by atoms with van der Waals surface area (Å²) < 4.78 is 32.6. The summed E-state index contributed by atoms with van der Waals surface area (Å²) in [7, 11) is 0.545. The molecule has 1 aliphatic rings. The molecule has 1 fully saturated rings. The monoisotopic (exact) mass is 560 g/mol. The van der Waals surface area contributed by atoms with Crippen LogP contribution in [0.5, 0.6) is 0 Å². The second-order valence-corrected chi connectivity index (χ2v) is 9.56. The Hall–Kier alpha value is -0.700. The number of anilines is 1. The molecule has 0 amide bonds. The standard InChI is InChI=1S/C17H32N6O3S2.HI/c1-4-18-16(20-11-14-13-27-17(22-14)23(2)3)19-8-10-28(24,25)21-12-15-7-5-6-9-26-15;/h13,15,21H,4-12H2,1-3H3,(H2,18,19,20);1H. The number of thiazole rings is 1. The molecule has 168 valence electrons. The van der Waals surface area contributed by atoms with E-state index in [0.29, 0.717) is 32.2 Å². The number of halogens is 1. The molecular formula is C17H33IN6O3S2. The summed E-state index contributed by atoms with van der Waals surface area (Å²) in [5, 5.41) is 9.10. The average molecular weight is 561 g/mol. The molecule has 3 N–H and O–H groups in total. The first-order chi connectivity index (χ1) is 13.4. The molecule has 1 atom stereocenters. The highest BCUT2D eigenvalue weighted by Gasteiger charge is 2.17. The summed E-state index contributed by atoms with van der Waals surface area (Å²) in [6.45, 7) is 4.42. The molecule has 1 unspecified atom stereocenters. The van der Waals surface area contributed by atoms with E-state index in [1.54, 1.807) is 11.3 Å². The fourth-order valence-corrected chi connectivity index (χ4v) is 4.34. The van der Waals surface area contributed by atoms with Crippen molar-refractivity contribution < 1.29 is 13.2 Å². The number of hydrogen-bond donors (Lipinski definition) is 3. The van der Waals surface area contributed by atoms with Crippen molar-refractivity contribution in [1.29, 1.82) is 0 Å². The Balaban J connectivity index is 0.00000420. The lowest BCUT2D eigenvalue weighted by molar-refractivity contribution is 0.0200. The quantitative estimate of drug-likeness (QED) is 0.226. The molecule has 12 heteroatoms. The molecular weight excluding hydrogens is 527 g/mol. The lowest BCUT2D eigenvalue weighted by Crippen LogP contribution is -2.42. The van der Waals surface area contributed by atoms with E-state index in [1.165, 1.54) is 0 Å². The van der Waals surface area contributed by atoms with Gasteiger partial charge in [0.05, 0.1) is 24.1 Å². The summed E-state index contributed by atoms with van der Waals surface area (Å²) >= 11 is 1.57. The third-order valence-corrected chi connectivity index (χ3v) is 6.54. The Morgan fingerprint density at radius 3 is 2.79 bits per heavy atom. The van der Waals surface area contributed by atoms with Gasteiger partial charge in [0, 0.05) is 45.7 Å². The van der Waals surface area contributed by atoms with Crippen LogP contribution in [0.15, 0.2) is 10.4 Å². The number of nitrogens with one attached hydrogen (secondary N) is 3. The Bertz CT molecular complexity index is 721. The average Bonchev–Trinajstić information content (AvgIpc) is 3.15. The molecule has 1 aromatic rings. The third kappa shape index (κ3) is 10.2. The van der Waals surface area contributed by atoms with E-state index in [2.05, 4.69) is 25.3 Å². The minimum absolute atomic E-state index is 0. The summed E-state index contributed by atoms with van der Waals surface area (Å²) in [6.07, 6.45) is 3.03. The molecule has 9 nitrogen and oxygen atoms in total. The van der Waals surface area contributed by atoms with E-state index in [9.17, 15) is 8.42 Å². The van der Waals surface area contributed by atoms with E-state index < -0.39 is 10.0 Å². The van der Waals surface area contributed by atoms with E-state index in [4.69, 9.17) is 4.74 Å². The normalized spacial score (nSPS) is 17.5. The fourth-order valence-electron chi connectivity index (χ4n) is 2.64. The van der Waals surface area contributed by atoms with Crippen molar-refractivity contribution in [2.45, 2.75) is 38.8 Å². The summed E-state index contributed by atoms with van der Waals surface area (Å²) in [4.78, 5) is 10.9. The van der Waals surface area contributed by atoms with Gasteiger partial charge in [-0.1, -0.05) is 0 Å². The van der Waals surface area contributed by atoms with E-state index in [1.807, 2.05) is 31.3 Å². The van der Waals surface area contributed by atoms with Crippen LogP contribution in [0.4, 0.5) is 5.13 Å². The summed E-state index contributed by atoms with van der Waals surface area (Å²) in [6, 6.07) is 0. The van der Waals surface area contributed by atoms with E-state index in [-0.39, 0.29) is 42.4 Å². The molecule has 0 bridgehead atoms. The van der Waals surface area contributed by atoms with Crippen LogP contribution in [0.25, 0.3) is 0 Å². The molecule has 0 aromatic carbocycles. The first kappa shape index (κ1) is 26.3. The topological polar surface area (TPSA) is 108 Å². The molecule has 1 aliphatic heterocycles. The molecule has 0 aliphatic carbocycles. The molecule has 0 radical (unpaired) electrons. The second kappa shape index (κ2) is 13.6. The molecule has 2 rings (SSSR count). The highest BCUT2D eigenvalue weighted by Crippen LogP contribution is 2.18. The van der Waals surface area contributed by atoms with Crippen LogP contribution in [0, 0.1) is 0 Å². The Kier molecular flexibility index (Phi) is 12.3. The number of aliphatic imine (C=N–C) groups is 1. The predicted octanol–water partition coefficient (Wildman–Crippen LogP) is 1.37. The number of nitrogens with zero attached hydrogens (tertiary/aromatic N) is 3. The van der Waals surface area contributed by atoms with Gasteiger partial charge >= 0.3 is 0 Å². The molecule has 1 aromatic heterocycles. The minimum Gasteiger partial charge on any atom is -0.377 e. The SMILES string of the molecule is CCNC(=NCc1csc(N(C)C)n1)NCCS(=O)(=O)NCC1CCCCO1.I. The van der Waals surface area contributed by atoms with Crippen LogP contribution in [0.1, 0.15) is 31.9 Å². The number of ether oxygens (including phenoxy) is 1. The molecule has 2 heterocycles. The second-order valence-electron chi connectivity index (χ2n) is 6.79. The van der Waals surface area contributed by atoms with Gasteiger partial charge in [0.2, 0.25) is 10.0 Å². The van der Waals surface area contributed by atoms with Crippen LogP contribution in [-0.2, 0) is 21.3 Å². The summed E-state index contributed by atoms with van der Waals surface area (Å²) in [5.74, 6) is 0.554. The number of aromatic nitrogens is 1. The van der Waals surface area contributed by atoms with E-state index in [0.717, 1.165) is 30.1 Å². The zero-order chi connectivity index (χ0) is 20.4. The van der Waals surface area contributed by atoms with Crippen molar-refractivity contribution in [2.75, 3.05) is 51.0 Å². The summed E-state index contributed by atoms with van der Waals surface area (Å²) in [5.41, 5.74) is 0.882. The van der Waals surface area contributed by atoms with Gasteiger partial charge in [0.15, 0.2) is 11.1 Å². The number of sulfonamides is 1. The van der Waals surface area contributed by atoms with Crippen molar-refractivity contribution >= 4 is 56.4 Å². The zero-order valence-electron chi connectivity index (χ0n) is 17.3. The van der Waals surface area contributed by atoms with E-state index >= 15 is 0 Å². The van der Waals surface area contributed by atoms with Gasteiger partial charge in [-0.15, -0.1) is 35.3 Å². The first-order valence-corrected chi connectivity index (χ1v) is 12.2. The van der Waals surface area contributed by atoms with Crippen molar-refractivity contribution in [3.8, 4) is 0 Å². The highest BCUT2D eigenvalue weighted by atomic mass is 127. The third-order valence-electron chi connectivity index (χ3n) is 4.13. The van der Waals surface area contributed by atoms with Crippen molar-refractivity contribution in [3.63, 3.8) is 0 Å². The van der Waals surface area contributed by atoms with Gasteiger partial charge in [-0.25, -0.2) is 23.1 Å². The van der Waals surface area contributed by atoms with Crippen molar-refractivity contribution in [1.82, 2.24) is 20.3 Å². The smallest absolute Gasteiger partial charge is 0.213 e.